The van der Waals surface area contributed by atoms with E-state index in [1.54, 1.807) is 0 Å². The van der Waals surface area contributed by atoms with Crippen molar-refractivity contribution in [3.8, 4) is 11.3 Å². The third-order valence-electron chi connectivity index (χ3n) is 4.00. The van der Waals surface area contributed by atoms with Gasteiger partial charge in [0.25, 0.3) is 5.56 Å². The van der Waals surface area contributed by atoms with Crippen LogP contribution < -0.4 is 10.9 Å². The predicted molar refractivity (Wildman–Crippen MR) is 83.6 cm³/mol. The highest BCUT2D eigenvalue weighted by molar-refractivity contribution is 7.14. The Labute approximate surface area is 122 Å². The van der Waals surface area contributed by atoms with Crippen LogP contribution in [0.25, 0.3) is 11.3 Å². The molecular weight excluding hydrogens is 270 g/mol. The lowest BCUT2D eigenvalue weighted by Crippen LogP contribution is -2.26. The molecule has 0 saturated heterocycles. The van der Waals surface area contributed by atoms with Gasteiger partial charge in [0, 0.05) is 24.2 Å². The number of pyridine rings is 1. The fourth-order valence-electron chi connectivity index (χ4n) is 2.97. The van der Waals surface area contributed by atoms with E-state index in [4.69, 9.17) is 0 Å². The van der Waals surface area contributed by atoms with E-state index in [-0.39, 0.29) is 5.56 Å². The van der Waals surface area contributed by atoms with Crippen LogP contribution in [0.5, 0.6) is 0 Å². The molecular formula is C15H19N3OS. The van der Waals surface area contributed by atoms with Gasteiger partial charge in [-0.3, -0.25) is 4.79 Å². The lowest BCUT2D eigenvalue weighted by atomic mass is 10.1. The Kier molecular flexibility index (Phi) is 3.61. The molecule has 0 unspecified atom stereocenters. The molecule has 2 aromatic rings. The monoisotopic (exact) mass is 289 g/mol. The SMILES string of the molecule is CNc1nc(-c2ccc(C)n(C3CCCC3)c2=O)cs1. The maximum atomic E-state index is 12.8. The van der Waals surface area contributed by atoms with Crippen LogP contribution in [-0.2, 0) is 0 Å². The molecule has 1 saturated carbocycles. The van der Waals surface area contributed by atoms with Gasteiger partial charge in [0.05, 0.1) is 11.3 Å². The number of hydrogen-bond acceptors (Lipinski definition) is 4. The molecule has 106 valence electrons. The number of hydrogen-bond donors (Lipinski definition) is 1. The zero-order chi connectivity index (χ0) is 14.1. The maximum absolute atomic E-state index is 12.8. The second-order valence-electron chi connectivity index (χ2n) is 5.29. The molecule has 0 aliphatic heterocycles. The third kappa shape index (κ3) is 2.26. The van der Waals surface area contributed by atoms with Gasteiger partial charge in [0.2, 0.25) is 0 Å². The van der Waals surface area contributed by atoms with Gasteiger partial charge in [-0.15, -0.1) is 11.3 Å². The molecule has 1 aliphatic rings. The predicted octanol–water partition coefficient (Wildman–Crippen LogP) is 3.44. The van der Waals surface area contributed by atoms with Crippen LogP contribution in [-0.4, -0.2) is 16.6 Å². The summed E-state index contributed by atoms with van der Waals surface area (Å²) in [6.45, 7) is 2.02. The van der Waals surface area contributed by atoms with Crippen LogP contribution in [0.3, 0.4) is 0 Å². The minimum atomic E-state index is 0.102. The topological polar surface area (TPSA) is 46.9 Å². The molecule has 4 nitrogen and oxygen atoms in total. The minimum Gasteiger partial charge on any atom is -0.365 e. The minimum absolute atomic E-state index is 0.102. The van der Waals surface area contributed by atoms with E-state index >= 15 is 0 Å². The number of rotatable bonds is 3. The lowest BCUT2D eigenvalue weighted by Gasteiger charge is -2.17. The summed E-state index contributed by atoms with van der Waals surface area (Å²) in [4.78, 5) is 17.2. The first-order valence-electron chi connectivity index (χ1n) is 7.06. The van der Waals surface area contributed by atoms with Crippen LogP contribution in [0.15, 0.2) is 22.3 Å². The van der Waals surface area contributed by atoms with Crippen molar-refractivity contribution in [1.29, 1.82) is 0 Å². The van der Waals surface area contributed by atoms with E-state index in [2.05, 4.69) is 10.3 Å². The van der Waals surface area contributed by atoms with Gasteiger partial charge in [0.15, 0.2) is 5.13 Å². The highest BCUT2D eigenvalue weighted by Crippen LogP contribution is 2.30. The normalized spacial score (nSPS) is 15.7. The molecule has 20 heavy (non-hydrogen) atoms. The average molecular weight is 289 g/mol. The first-order valence-corrected chi connectivity index (χ1v) is 7.94. The van der Waals surface area contributed by atoms with Gasteiger partial charge in [-0.05, 0) is 31.9 Å². The summed E-state index contributed by atoms with van der Waals surface area (Å²) in [6, 6.07) is 4.30. The molecule has 1 fully saturated rings. The number of aryl methyl sites for hydroxylation is 1. The van der Waals surface area contributed by atoms with Crippen molar-refractivity contribution in [3.63, 3.8) is 0 Å². The Bertz CT molecular complexity index is 668. The van der Waals surface area contributed by atoms with Crippen molar-refractivity contribution < 1.29 is 0 Å². The molecule has 5 heteroatoms. The zero-order valence-electron chi connectivity index (χ0n) is 11.8. The first kappa shape index (κ1) is 13.4. The maximum Gasteiger partial charge on any atom is 0.260 e. The van der Waals surface area contributed by atoms with E-state index in [9.17, 15) is 4.79 Å². The first-order chi connectivity index (χ1) is 9.70. The number of aromatic nitrogens is 2. The highest BCUT2D eigenvalue weighted by Gasteiger charge is 2.21. The van der Waals surface area contributed by atoms with Gasteiger partial charge >= 0.3 is 0 Å². The largest absolute Gasteiger partial charge is 0.365 e. The van der Waals surface area contributed by atoms with Crippen molar-refractivity contribution in [2.75, 3.05) is 12.4 Å². The summed E-state index contributed by atoms with van der Waals surface area (Å²) in [6.07, 6.45) is 4.68. The highest BCUT2D eigenvalue weighted by atomic mass is 32.1. The Morgan fingerprint density at radius 1 is 1.35 bits per heavy atom. The smallest absolute Gasteiger partial charge is 0.260 e. The van der Waals surface area contributed by atoms with Crippen LogP contribution in [0, 0.1) is 6.92 Å². The van der Waals surface area contributed by atoms with Gasteiger partial charge in [-0.1, -0.05) is 12.8 Å². The number of nitrogens with zero attached hydrogens (tertiary/aromatic N) is 2. The van der Waals surface area contributed by atoms with E-state index in [1.807, 2.05) is 36.1 Å². The molecule has 0 radical (unpaired) electrons. The van der Waals surface area contributed by atoms with Crippen LogP contribution in [0.4, 0.5) is 5.13 Å². The summed E-state index contributed by atoms with van der Waals surface area (Å²) >= 11 is 1.53. The van der Waals surface area contributed by atoms with Crippen molar-refractivity contribution in [3.05, 3.63) is 33.6 Å². The van der Waals surface area contributed by atoms with Gasteiger partial charge in [-0.2, -0.15) is 0 Å². The molecule has 0 aromatic carbocycles. The second kappa shape index (κ2) is 5.40. The molecule has 0 bridgehead atoms. The molecule has 2 aromatic heterocycles. The molecule has 0 amide bonds. The van der Waals surface area contributed by atoms with Crippen LogP contribution >= 0.6 is 11.3 Å². The number of thiazole rings is 1. The zero-order valence-corrected chi connectivity index (χ0v) is 12.7. The second-order valence-corrected chi connectivity index (χ2v) is 6.15. The average Bonchev–Trinajstić information content (AvgIpc) is 3.09. The van der Waals surface area contributed by atoms with Gasteiger partial charge in [0.1, 0.15) is 0 Å². The van der Waals surface area contributed by atoms with E-state index in [1.165, 1.54) is 24.2 Å². The Hall–Kier alpha value is -1.62. The molecule has 2 heterocycles. The Morgan fingerprint density at radius 3 is 2.75 bits per heavy atom. The number of nitrogens with one attached hydrogen (secondary N) is 1. The van der Waals surface area contributed by atoms with Gasteiger partial charge in [-0.25, -0.2) is 4.98 Å². The third-order valence-corrected chi connectivity index (χ3v) is 4.86. The van der Waals surface area contributed by atoms with Crippen molar-refractivity contribution in [2.24, 2.45) is 0 Å². The van der Waals surface area contributed by atoms with Crippen molar-refractivity contribution >= 4 is 16.5 Å². The summed E-state index contributed by atoms with van der Waals surface area (Å²) in [5.41, 5.74) is 2.64. The summed E-state index contributed by atoms with van der Waals surface area (Å²) in [7, 11) is 1.84. The molecule has 3 rings (SSSR count). The summed E-state index contributed by atoms with van der Waals surface area (Å²) in [5, 5.41) is 5.80. The van der Waals surface area contributed by atoms with Crippen LogP contribution in [0.2, 0.25) is 0 Å². The molecule has 1 N–H and O–H groups in total. The molecule has 0 spiro atoms. The fraction of sp³-hybridized carbons (Fsp3) is 0.467. The van der Waals surface area contributed by atoms with E-state index in [0.717, 1.165) is 29.4 Å². The Morgan fingerprint density at radius 2 is 2.10 bits per heavy atom. The Balaban J connectivity index is 2.08. The molecule has 0 atom stereocenters. The molecule has 1 aliphatic carbocycles. The summed E-state index contributed by atoms with van der Waals surface area (Å²) < 4.78 is 1.97. The quantitative estimate of drug-likeness (QED) is 0.941. The van der Waals surface area contributed by atoms with Crippen molar-refractivity contribution in [1.82, 2.24) is 9.55 Å². The standard InChI is InChI=1S/C15H19N3OS/c1-10-7-8-12(13-9-20-15(16-2)17-13)14(19)18(10)11-5-3-4-6-11/h7-9,11H,3-6H2,1-2H3,(H,16,17). The van der Waals surface area contributed by atoms with E-state index in [0.29, 0.717) is 11.6 Å². The lowest BCUT2D eigenvalue weighted by molar-refractivity contribution is 0.492. The van der Waals surface area contributed by atoms with Gasteiger partial charge < -0.3 is 9.88 Å². The van der Waals surface area contributed by atoms with Crippen LogP contribution in [0.1, 0.15) is 37.4 Å². The van der Waals surface area contributed by atoms with E-state index < -0.39 is 0 Å². The number of anilines is 1. The fourth-order valence-corrected chi connectivity index (χ4v) is 3.64. The summed E-state index contributed by atoms with van der Waals surface area (Å²) in [5.74, 6) is 0. The van der Waals surface area contributed by atoms with Crippen molar-refractivity contribution in [2.45, 2.75) is 38.6 Å².